The highest BCUT2D eigenvalue weighted by Crippen LogP contribution is 2.28. The maximum atomic E-state index is 11.9. The molecule has 132 valence electrons. The van der Waals surface area contributed by atoms with E-state index in [0.717, 1.165) is 42.4 Å². The first-order chi connectivity index (χ1) is 12.3. The lowest BCUT2D eigenvalue weighted by Gasteiger charge is -2.16. The number of carbonyl (C=O) groups is 1. The van der Waals surface area contributed by atoms with Crippen LogP contribution in [0.15, 0.2) is 54.3 Å². The number of aromatic nitrogens is 2. The Kier molecular flexibility index (Phi) is 6.30. The molecule has 2 heterocycles. The highest BCUT2D eigenvalue weighted by atomic mass is 32.2. The normalized spacial score (nSPS) is 16.7. The number of ether oxygens (including phenoxy) is 1. The molecule has 1 aromatic heterocycles. The lowest BCUT2D eigenvalue weighted by atomic mass is 10.1. The van der Waals surface area contributed by atoms with Crippen LogP contribution in [0.25, 0.3) is 11.3 Å². The van der Waals surface area contributed by atoms with Crippen LogP contribution < -0.4 is 5.32 Å². The second kappa shape index (κ2) is 8.87. The first kappa shape index (κ1) is 17.8. The molecule has 1 amide bonds. The number of hydrogen-bond acceptors (Lipinski definition) is 4. The number of carbonyl (C=O) groups excluding carboxylic acids is 1. The summed E-state index contributed by atoms with van der Waals surface area (Å²) in [4.78, 5) is 16.4. The van der Waals surface area contributed by atoms with E-state index < -0.39 is 0 Å². The number of rotatable bonds is 8. The van der Waals surface area contributed by atoms with Crippen molar-refractivity contribution in [2.24, 2.45) is 0 Å². The maximum absolute atomic E-state index is 11.9. The molecule has 3 rings (SSSR count). The van der Waals surface area contributed by atoms with Gasteiger partial charge in [-0.25, -0.2) is 4.98 Å². The fourth-order valence-electron chi connectivity index (χ4n) is 2.85. The van der Waals surface area contributed by atoms with Gasteiger partial charge in [0, 0.05) is 13.2 Å². The minimum atomic E-state index is -0.0159. The summed E-state index contributed by atoms with van der Waals surface area (Å²) < 4.78 is 7.98. The average Bonchev–Trinajstić information content (AvgIpc) is 3.29. The standard InChI is InChI=1S/C19H23N3O2S/c1-2-10-20-18(23)14-25-19-21-12-17(15-7-4-3-5-8-15)22(19)13-16-9-6-11-24-16/h2-5,7-8,12,16H,1,6,9-11,13-14H2,(H,20,23). The maximum Gasteiger partial charge on any atom is 0.230 e. The molecule has 1 unspecified atom stereocenters. The molecule has 1 fully saturated rings. The van der Waals surface area contributed by atoms with Crippen molar-refractivity contribution in [3.05, 3.63) is 49.2 Å². The fourth-order valence-corrected chi connectivity index (χ4v) is 3.67. The van der Waals surface area contributed by atoms with Gasteiger partial charge in [0.05, 0.1) is 30.3 Å². The predicted molar refractivity (Wildman–Crippen MR) is 101 cm³/mol. The molecule has 1 atom stereocenters. The van der Waals surface area contributed by atoms with Gasteiger partial charge in [0.15, 0.2) is 5.16 Å². The van der Waals surface area contributed by atoms with E-state index >= 15 is 0 Å². The van der Waals surface area contributed by atoms with Crippen LogP contribution in [0, 0.1) is 0 Å². The monoisotopic (exact) mass is 357 g/mol. The van der Waals surface area contributed by atoms with Crippen LogP contribution in [-0.2, 0) is 16.1 Å². The Bertz CT molecular complexity index is 709. The molecule has 0 aliphatic carbocycles. The molecule has 25 heavy (non-hydrogen) atoms. The molecule has 1 N–H and O–H groups in total. The molecule has 0 spiro atoms. The third-order valence-corrected chi connectivity index (χ3v) is 5.07. The molecular formula is C19H23N3O2S. The van der Waals surface area contributed by atoms with Gasteiger partial charge in [-0.15, -0.1) is 6.58 Å². The zero-order chi connectivity index (χ0) is 17.5. The molecule has 0 bridgehead atoms. The zero-order valence-electron chi connectivity index (χ0n) is 14.2. The van der Waals surface area contributed by atoms with Gasteiger partial charge in [-0.2, -0.15) is 0 Å². The van der Waals surface area contributed by atoms with Crippen molar-refractivity contribution >= 4 is 17.7 Å². The fraction of sp³-hybridized carbons (Fsp3) is 0.368. The van der Waals surface area contributed by atoms with Gasteiger partial charge in [0.1, 0.15) is 0 Å². The summed E-state index contributed by atoms with van der Waals surface area (Å²) in [5.41, 5.74) is 2.18. The zero-order valence-corrected chi connectivity index (χ0v) is 15.0. The van der Waals surface area contributed by atoms with E-state index in [1.54, 1.807) is 6.08 Å². The van der Waals surface area contributed by atoms with Crippen LogP contribution >= 0.6 is 11.8 Å². The quantitative estimate of drug-likeness (QED) is 0.583. The number of hydrogen-bond donors (Lipinski definition) is 1. The molecule has 1 aliphatic heterocycles. The number of benzene rings is 1. The van der Waals surface area contributed by atoms with Crippen molar-refractivity contribution in [1.82, 2.24) is 14.9 Å². The van der Waals surface area contributed by atoms with Crippen molar-refractivity contribution in [3.63, 3.8) is 0 Å². The van der Waals surface area contributed by atoms with Gasteiger partial charge < -0.3 is 14.6 Å². The molecule has 2 aromatic rings. The Morgan fingerprint density at radius 2 is 2.28 bits per heavy atom. The molecule has 6 heteroatoms. The third-order valence-electron chi connectivity index (χ3n) is 4.07. The van der Waals surface area contributed by atoms with Gasteiger partial charge in [0.2, 0.25) is 5.91 Å². The SMILES string of the molecule is C=CCNC(=O)CSc1ncc(-c2ccccc2)n1CC1CCCO1. The summed E-state index contributed by atoms with van der Waals surface area (Å²) in [5.74, 6) is 0.322. The van der Waals surface area contributed by atoms with Crippen LogP contribution in [0.1, 0.15) is 12.8 Å². The van der Waals surface area contributed by atoms with Gasteiger partial charge in [-0.3, -0.25) is 4.79 Å². The van der Waals surface area contributed by atoms with E-state index in [1.807, 2.05) is 24.4 Å². The van der Waals surface area contributed by atoms with Crippen LogP contribution in [0.4, 0.5) is 0 Å². The molecule has 5 nitrogen and oxygen atoms in total. The minimum Gasteiger partial charge on any atom is -0.376 e. The van der Waals surface area contributed by atoms with E-state index in [0.29, 0.717) is 12.3 Å². The number of thioether (sulfide) groups is 1. The average molecular weight is 357 g/mol. The molecule has 0 radical (unpaired) electrons. The van der Waals surface area contributed by atoms with Crippen LogP contribution in [0.3, 0.4) is 0 Å². The van der Waals surface area contributed by atoms with E-state index in [2.05, 4.69) is 33.6 Å². The Hall–Kier alpha value is -2.05. The highest BCUT2D eigenvalue weighted by Gasteiger charge is 2.21. The summed E-state index contributed by atoms with van der Waals surface area (Å²) in [6.45, 7) is 5.68. The number of imidazole rings is 1. The van der Waals surface area contributed by atoms with Gasteiger partial charge >= 0.3 is 0 Å². The molecule has 1 aliphatic rings. The van der Waals surface area contributed by atoms with Crippen LogP contribution in [0.5, 0.6) is 0 Å². The topological polar surface area (TPSA) is 56.2 Å². The smallest absolute Gasteiger partial charge is 0.230 e. The van der Waals surface area contributed by atoms with Crippen LogP contribution in [-0.4, -0.2) is 40.5 Å². The Labute approximate surface area is 152 Å². The lowest BCUT2D eigenvalue weighted by molar-refractivity contribution is -0.118. The summed E-state index contributed by atoms with van der Waals surface area (Å²) in [6, 6.07) is 10.2. The molecule has 1 saturated heterocycles. The lowest BCUT2D eigenvalue weighted by Crippen LogP contribution is -2.25. The van der Waals surface area contributed by atoms with Crippen LogP contribution in [0.2, 0.25) is 0 Å². The van der Waals surface area contributed by atoms with Crippen molar-refractivity contribution in [2.45, 2.75) is 30.6 Å². The van der Waals surface area contributed by atoms with E-state index in [1.165, 1.54) is 11.8 Å². The van der Waals surface area contributed by atoms with Crippen molar-refractivity contribution in [1.29, 1.82) is 0 Å². The molecule has 1 aromatic carbocycles. The Balaban J connectivity index is 1.78. The number of nitrogens with zero attached hydrogens (tertiary/aromatic N) is 2. The highest BCUT2D eigenvalue weighted by molar-refractivity contribution is 7.99. The van der Waals surface area contributed by atoms with Crippen molar-refractivity contribution in [3.8, 4) is 11.3 Å². The summed E-state index contributed by atoms with van der Waals surface area (Å²) in [5, 5.41) is 3.64. The molecule has 0 saturated carbocycles. The number of amides is 1. The first-order valence-electron chi connectivity index (χ1n) is 8.51. The first-order valence-corrected chi connectivity index (χ1v) is 9.49. The van der Waals surface area contributed by atoms with E-state index in [-0.39, 0.29) is 12.0 Å². The number of nitrogens with one attached hydrogen (secondary N) is 1. The Morgan fingerprint density at radius 3 is 3.00 bits per heavy atom. The van der Waals surface area contributed by atoms with Crippen molar-refractivity contribution < 1.29 is 9.53 Å². The van der Waals surface area contributed by atoms with Crippen molar-refractivity contribution in [2.75, 3.05) is 18.9 Å². The largest absolute Gasteiger partial charge is 0.376 e. The predicted octanol–water partition coefficient (Wildman–Crippen LogP) is 3.12. The third kappa shape index (κ3) is 4.74. The van der Waals surface area contributed by atoms with Gasteiger partial charge in [-0.05, 0) is 18.4 Å². The van der Waals surface area contributed by atoms with E-state index in [9.17, 15) is 4.79 Å². The molecular weight excluding hydrogens is 334 g/mol. The second-order valence-electron chi connectivity index (χ2n) is 5.92. The summed E-state index contributed by atoms with van der Waals surface area (Å²) >= 11 is 1.45. The second-order valence-corrected chi connectivity index (χ2v) is 6.86. The van der Waals surface area contributed by atoms with Gasteiger partial charge in [0.25, 0.3) is 0 Å². The van der Waals surface area contributed by atoms with E-state index in [4.69, 9.17) is 4.74 Å². The summed E-state index contributed by atoms with van der Waals surface area (Å²) in [7, 11) is 0. The van der Waals surface area contributed by atoms with Gasteiger partial charge in [-0.1, -0.05) is 48.2 Å². The minimum absolute atomic E-state index is 0.0159. The summed E-state index contributed by atoms with van der Waals surface area (Å²) in [6.07, 6.45) is 5.94. The Morgan fingerprint density at radius 1 is 1.44 bits per heavy atom.